The number of carbonyl (C=O) groups excluding carboxylic acids is 1. The summed E-state index contributed by atoms with van der Waals surface area (Å²) in [6.07, 6.45) is 2.12. The Morgan fingerprint density at radius 1 is 1.50 bits per heavy atom. The molecule has 0 aliphatic heterocycles. The topological polar surface area (TPSA) is 66.3 Å². The van der Waals surface area contributed by atoms with Gasteiger partial charge in [0.25, 0.3) is 0 Å². The minimum Gasteiger partial charge on any atom is -0.393 e. The van der Waals surface area contributed by atoms with Crippen molar-refractivity contribution in [3.8, 4) is 0 Å². The van der Waals surface area contributed by atoms with E-state index in [-0.39, 0.29) is 11.3 Å². The van der Waals surface area contributed by atoms with Crippen LogP contribution in [0, 0.1) is 12.8 Å². The first kappa shape index (κ1) is 13.2. The third kappa shape index (κ3) is 2.62. The lowest BCUT2D eigenvalue weighted by atomic mass is 9.82. The molecule has 0 unspecified atom stereocenters. The van der Waals surface area contributed by atoms with Crippen molar-refractivity contribution in [2.24, 2.45) is 5.92 Å². The highest BCUT2D eigenvalue weighted by Crippen LogP contribution is 2.30. The fourth-order valence-corrected chi connectivity index (χ4v) is 2.50. The number of halogens is 1. The Labute approximate surface area is 111 Å². The van der Waals surface area contributed by atoms with Crippen molar-refractivity contribution in [3.05, 3.63) is 16.5 Å². The van der Waals surface area contributed by atoms with Crippen LogP contribution in [-0.2, 0) is 0 Å². The molecule has 1 aromatic heterocycles. The van der Waals surface area contributed by atoms with Crippen LogP contribution in [-0.4, -0.2) is 41.1 Å². The third-order valence-electron chi connectivity index (χ3n) is 3.21. The Morgan fingerprint density at radius 2 is 2.17 bits per heavy atom. The molecule has 0 amide bonds. The van der Waals surface area contributed by atoms with Gasteiger partial charge in [0.2, 0.25) is 0 Å². The van der Waals surface area contributed by atoms with E-state index in [9.17, 15) is 9.90 Å². The molecular formula is C12H16ClN3O2. The number of hydrogen-bond donors (Lipinski definition) is 1. The molecule has 98 valence electrons. The zero-order valence-corrected chi connectivity index (χ0v) is 11.2. The second-order valence-electron chi connectivity index (χ2n) is 4.79. The third-order valence-corrected chi connectivity index (χ3v) is 3.50. The van der Waals surface area contributed by atoms with Gasteiger partial charge in [0.1, 0.15) is 16.8 Å². The monoisotopic (exact) mass is 269 g/mol. The number of hydrogen-bond acceptors (Lipinski definition) is 5. The zero-order chi connectivity index (χ0) is 13.3. The van der Waals surface area contributed by atoms with Gasteiger partial charge in [-0.15, -0.1) is 0 Å². The van der Waals surface area contributed by atoms with Crippen LogP contribution in [0.2, 0.25) is 5.15 Å². The normalized spacial score (nSPS) is 22.4. The summed E-state index contributed by atoms with van der Waals surface area (Å²) in [7, 11) is 1.87. The van der Waals surface area contributed by atoms with Crippen molar-refractivity contribution in [1.82, 2.24) is 9.97 Å². The van der Waals surface area contributed by atoms with E-state index < -0.39 is 0 Å². The maximum Gasteiger partial charge on any atom is 0.156 e. The van der Waals surface area contributed by atoms with Crippen molar-refractivity contribution in [3.63, 3.8) is 0 Å². The minimum absolute atomic E-state index is 0.176. The zero-order valence-electron chi connectivity index (χ0n) is 10.4. The molecule has 1 N–H and O–H groups in total. The summed E-state index contributed by atoms with van der Waals surface area (Å²) in [5, 5.41) is 9.46. The van der Waals surface area contributed by atoms with Crippen molar-refractivity contribution in [1.29, 1.82) is 0 Å². The average molecular weight is 270 g/mol. The van der Waals surface area contributed by atoms with Crippen LogP contribution < -0.4 is 4.90 Å². The number of rotatable bonds is 4. The molecule has 1 aliphatic carbocycles. The van der Waals surface area contributed by atoms with E-state index in [2.05, 4.69) is 9.97 Å². The van der Waals surface area contributed by atoms with E-state index in [4.69, 9.17) is 11.6 Å². The van der Waals surface area contributed by atoms with Crippen LogP contribution in [0.15, 0.2) is 0 Å². The Hall–Kier alpha value is -1.20. The largest absolute Gasteiger partial charge is 0.393 e. The molecule has 0 radical (unpaired) electrons. The first-order chi connectivity index (χ1) is 8.51. The van der Waals surface area contributed by atoms with Gasteiger partial charge < -0.3 is 10.0 Å². The molecule has 2 rings (SSSR count). The van der Waals surface area contributed by atoms with Crippen LogP contribution in [0.1, 0.15) is 29.0 Å². The molecule has 0 atom stereocenters. The van der Waals surface area contributed by atoms with Gasteiger partial charge in [-0.1, -0.05) is 11.6 Å². The molecule has 1 saturated carbocycles. The number of anilines is 1. The number of aliphatic hydroxyl groups is 1. The lowest BCUT2D eigenvalue weighted by Gasteiger charge is -2.35. The van der Waals surface area contributed by atoms with E-state index in [0.29, 0.717) is 29.4 Å². The van der Waals surface area contributed by atoms with E-state index in [0.717, 1.165) is 19.4 Å². The lowest BCUT2D eigenvalue weighted by molar-refractivity contribution is 0.0464. The van der Waals surface area contributed by atoms with Gasteiger partial charge in [-0.25, -0.2) is 9.97 Å². The maximum absolute atomic E-state index is 11.1. The smallest absolute Gasteiger partial charge is 0.156 e. The number of aldehydes is 1. The Morgan fingerprint density at radius 3 is 2.72 bits per heavy atom. The molecule has 1 fully saturated rings. The molecular weight excluding hydrogens is 254 g/mol. The van der Waals surface area contributed by atoms with Crippen LogP contribution in [0.3, 0.4) is 0 Å². The van der Waals surface area contributed by atoms with Crippen LogP contribution in [0.5, 0.6) is 0 Å². The van der Waals surface area contributed by atoms with Crippen LogP contribution in [0.25, 0.3) is 0 Å². The van der Waals surface area contributed by atoms with Gasteiger partial charge in [0, 0.05) is 13.6 Å². The summed E-state index contributed by atoms with van der Waals surface area (Å²) in [5.74, 6) is 1.54. The highest BCUT2D eigenvalue weighted by molar-refractivity contribution is 6.32. The van der Waals surface area contributed by atoms with E-state index in [1.165, 1.54) is 0 Å². The maximum atomic E-state index is 11.1. The molecule has 0 spiro atoms. The van der Waals surface area contributed by atoms with Gasteiger partial charge in [-0.05, 0) is 25.7 Å². The first-order valence-corrected chi connectivity index (χ1v) is 6.27. The van der Waals surface area contributed by atoms with Crippen molar-refractivity contribution < 1.29 is 9.90 Å². The van der Waals surface area contributed by atoms with Crippen molar-refractivity contribution in [2.75, 3.05) is 18.5 Å². The summed E-state index contributed by atoms with van der Waals surface area (Å²) in [6, 6.07) is 0. The second-order valence-corrected chi connectivity index (χ2v) is 5.15. The fraction of sp³-hybridized carbons (Fsp3) is 0.583. The predicted octanol–water partition coefficient (Wildman–Crippen LogP) is 1.46. The highest BCUT2D eigenvalue weighted by Gasteiger charge is 2.29. The van der Waals surface area contributed by atoms with Gasteiger partial charge in [-0.3, -0.25) is 4.79 Å². The van der Waals surface area contributed by atoms with Gasteiger partial charge in [-0.2, -0.15) is 0 Å². The van der Waals surface area contributed by atoms with Crippen molar-refractivity contribution >= 4 is 23.7 Å². The van der Waals surface area contributed by atoms with Gasteiger partial charge in [0.15, 0.2) is 6.29 Å². The number of aromatic nitrogens is 2. The van der Waals surface area contributed by atoms with Crippen LogP contribution in [0.4, 0.5) is 5.82 Å². The molecule has 5 nitrogen and oxygen atoms in total. The predicted molar refractivity (Wildman–Crippen MR) is 69.2 cm³/mol. The van der Waals surface area contributed by atoms with Gasteiger partial charge in [0.05, 0.1) is 11.7 Å². The number of carbonyl (C=O) groups is 1. The molecule has 1 aliphatic rings. The highest BCUT2D eigenvalue weighted by atomic mass is 35.5. The fourth-order valence-electron chi connectivity index (χ4n) is 2.25. The van der Waals surface area contributed by atoms with E-state index in [1.807, 2.05) is 11.9 Å². The molecule has 0 aromatic carbocycles. The van der Waals surface area contributed by atoms with Crippen molar-refractivity contribution in [2.45, 2.75) is 25.9 Å². The summed E-state index contributed by atoms with van der Waals surface area (Å²) in [4.78, 5) is 21.2. The van der Waals surface area contributed by atoms with E-state index in [1.54, 1.807) is 6.92 Å². The molecule has 1 heterocycles. The Balaban J connectivity index is 2.18. The Kier molecular flexibility index (Phi) is 3.82. The molecule has 18 heavy (non-hydrogen) atoms. The lowest BCUT2D eigenvalue weighted by Crippen LogP contribution is -2.37. The molecule has 1 aromatic rings. The molecule has 0 saturated heterocycles. The number of aryl methyl sites for hydroxylation is 1. The number of aliphatic hydroxyl groups excluding tert-OH is 1. The summed E-state index contributed by atoms with van der Waals surface area (Å²) < 4.78 is 0. The minimum atomic E-state index is -0.176. The summed E-state index contributed by atoms with van der Waals surface area (Å²) >= 11 is 5.94. The quantitative estimate of drug-likeness (QED) is 0.662. The van der Waals surface area contributed by atoms with E-state index >= 15 is 0 Å². The Bertz CT molecular complexity index is 461. The average Bonchev–Trinajstić information content (AvgIpc) is 2.26. The standard InChI is InChI=1S/C12H16ClN3O2/c1-7-14-11(13)10(6-17)12(15-7)16(2)5-8-3-9(18)4-8/h6,8-9,18H,3-5H2,1-2H3. The SMILES string of the molecule is Cc1nc(Cl)c(C=O)c(N(C)CC2CC(O)C2)n1. The molecule has 0 bridgehead atoms. The second kappa shape index (κ2) is 5.20. The first-order valence-electron chi connectivity index (χ1n) is 5.89. The summed E-state index contributed by atoms with van der Waals surface area (Å²) in [6.45, 7) is 2.50. The van der Waals surface area contributed by atoms with Crippen LogP contribution >= 0.6 is 11.6 Å². The van der Waals surface area contributed by atoms with Gasteiger partial charge >= 0.3 is 0 Å². The summed E-state index contributed by atoms with van der Waals surface area (Å²) in [5.41, 5.74) is 0.324. The number of nitrogens with zero attached hydrogens (tertiary/aromatic N) is 3. The molecule has 6 heteroatoms.